The molecule has 0 saturated heterocycles. The van der Waals surface area contributed by atoms with Gasteiger partial charge in [-0.25, -0.2) is 34.9 Å². The number of aromatic nitrogens is 6. The average Bonchev–Trinajstić information content (AvgIpc) is 3.90. The van der Waals surface area contributed by atoms with Crippen LogP contribution in [-0.4, -0.2) is 82.8 Å². The summed E-state index contributed by atoms with van der Waals surface area (Å²) in [5.41, 5.74) is 10.1. The first-order valence-corrected chi connectivity index (χ1v) is 19.7. The van der Waals surface area contributed by atoms with Gasteiger partial charge >= 0.3 is 0 Å². The monoisotopic (exact) mass is 810 g/mol. The molecule has 0 amide bonds. The maximum absolute atomic E-state index is 13.4. The van der Waals surface area contributed by atoms with Crippen molar-refractivity contribution in [1.29, 1.82) is 0 Å². The number of fused-ring (bicyclic) bond motifs is 6. The molecule has 11 heterocycles. The summed E-state index contributed by atoms with van der Waals surface area (Å²) in [6.07, 6.45) is 5.14. The lowest BCUT2D eigenvalue weighted by atomic mass is 9.88. The predicted molar refractivity (Wildman–Crippen MR) is 212 cm³/mol. The van der Waals surface area contributed by atoms with E-state index in [1.807, 2.05) is 48.5 Å². The first kappa shape index (κ1) is 34.1. The molecule has 17 nitrogen and oxygen atoms in total. The minimum Gasteiger partial charge on any atom is -0.596 e. The van der Waals surface area contributed by atoms with Crippen LogP contribution in [0.3, 0.4) is 0 Å². The van der Waals surface area contributed by atoms with Crippen LogP contribution < -0.4 is 47.9 Å². The van der Waals surface area contributed by atoms with Crippen LogP contribution in [0.25, 0.3) is 67.2 Å². The van der Waals surface area contributed by atoms with Gasteiger partial charge in [0.05, 0.1) is 22.6 Å². The van der Waals surface area contributed by atoms with Crippen LogP contribution in [-0.2, 0) is 0 Å². The van der Waals surface area contributed by atoms with E-state index in [2.05, 4.69) is 20.4 Å². The molecule has 59 heavy (non-hydrogen) atoms. The Morgan fingerprint density at radius 3 is 2.24 bits per heavy atom. The Labute approximate surface area is 338 Å². The van der Waals surface area contributed by atoms with Crippen molar-refractivity contribution in [2.45, 2.75) is 5.03 Å². The normalized spacial score (nSPS) is 17.0. The van der Waals surface area contributed by atoms with Crippen LogP contribution in [0.15, 0.2) is 72.1 Å². The fourth-order valence-electron chi connectivity index (χ4n) is 7.88. The van der Waals surface area contributed by atoms with Crippen LogP contribution in [0.1, 0.15) is 0 Å². The van der Waals surface area contributed by atoms with Crippen molar-refractivity contribution < 1.29 is 42.5 Å². The molecule has 1 aromatic carbocycles. The minimum absolute atomic E-state index is 0.283. The molecule has 0 radical (unpaired) electrons. The van der Waals surface area contributed by atoms with E-state index in [9.17, 15) is 5.21 Å². The second kappa shape index (κ2) is 13.5. The molecule has 1 unspecified atom stereocenters. The third-order valence-corrected chi connectivity index (χ3v) is 11.1. The molecule has 1 atom stereocenters. The van der Waals surface area contributed by atoms with Gasteiger partial charge in [-0.15, -0.1) is 0 Å². The van der Waals surface area contributed by atoms with Gasteiger partial charge in [-0.3, -0.25) is 0 Å². The van der Waals surface area contributed by atoms with Crippen LogP contribution in [0.2, 0.25) is 0 Å². The highest BCUT2D eigenvalue weighted by atomic mass is 32.2. The molecular weight excluding hydrogens is 781 g/mol. The molecule has 6 aromatic heterocycles. The van der Waals surface area contributed by atoms with Crippen molar-refractivity contribution in [3.05, 3.63) is 72.3 Å². The number of pyridine rings is 5. The molecule has 18 heteroatoms. The Morgan fingerprint density at radius 2 is 1.36 bits per heavy atom. The van der Waals surface area contributed by atoms with E-state index in [0.29, 0.717) is 166 Å². The quantitative estimate of drug-likeness (QED) is 0.150. The molecule has 294 valence electrons. The van der Waals surface area contributed by atoms with Gasteiger partial charge in [0, 0.05) is 52.3 Å². The van der Waals surface area contributed by atoms with Gasteiger partial charge in [-0.05, 0) is 42.0 Å². The summed E-state index contributed by atoms with van der Waals surface area (Å²) < 4.78 is 48.3. The lowest BCUT2D eigenvalue weighted by Gasteiger charge is -2.26. The van der Waals surface area contributed by atoms with Crippen molar-refractivity contribution in [1.82, 2.24) is 29.9 Å². The van der Waals surface area contributed by atoms with Gasteiger partial charge in [0.15, 0.2) is 51.5 Å². The van der Waals surface area contributed by atoms with Gasteiger partial charge in [-0.2, -0.15) is 0 Å². The first-order valence-electron chi connectivity index (χ1n) is 18.9. The smallest absolute Gasteiger partial charge is 0.257 e. The number of aromatic amines is 1. The zero-order chi connectivity index (χ0) is 39.0. The third-order valence-electron chi connectivity index (χ3n) is 10.4. The molecule has 0 aliphatic carbocycles. The summed E-state index contributed by atoms with van der Waals surface area (Å²) in [5, 5.41) is 14.7. The van der Waals surface area contributed by atoms with Crippen LogP contribution in [0, 0.1) is 5.21 Å². The zero-order valence-electron chi connectivity index (χ0n) is 30.8. The van der Waals surface area contributed by atoms with Gasteiger partial charge < -0.3 is 48.1 Å². The van der Waals surface area contributed by atoms with E-state index in [0.717, 1.165) is 22.9 Å². The molecule has 12 rings (SSSR count). The van der Waals surface area contributed by atoms with Crippen molar-refractivity contribution in [3.63, 3.8) is 0 Å². The zero-order valence-corrected chi connectivity index (χ0v) is 31.6. The minimum atomic E-state index is -0.283. The van der Waals surface area contributed by atoms with E-state index in [-0.39, 0.29) is 4.58 Å². The van der Waals surface area contributed by atoms with Gasteiger partial charge in [0.1, 0.15) is 69.9 Å². The Bertz CT molecular complexity index is 2840. The Kier molecular flexibility index (Phi) is 7.82. The van der Waals surface area contributed by atoms with Crippen LogP contribution in [0.5, 0.6) is 46.3 Å². The fourth-order valence-corrected chi connectivity index (χ4v) is 8.60. The molecule has 0 fully saturated rings. The summed E-state index contributed by atoms with van der Waals surface area (Å²) in [7, 11) is 0. The number of hydrogen-bond donors (Lipinski definition) is 3. The lowest BCUT2D eigenvalue weighted by Crippen LogP contribution is -3.02. The van der Waals surface area contributed by atoms with E-state index in [1.165, 1.54) is 0 Å². The van der Waals surface area contributed by atoms with E-state index >= 15 is 0 Å². The molecule has 5 aliphatic rings. The number of quaternary nitrogens is 1. The summed E-state index contributed by atoms with van der Waals surface area (Å²) in [6, 6.07) is 15.2. The summed E-state index contributed by atoms with van der Waals surface area (Å²) in [6.45, 7) is 2.89. The lowest BCUT2D eigenvalue weighted by molar-refractivity contribution is -0.661. The number of anilines is 1. The molecule has 5 aliphatic heterocycles. The molecular formula is C41H30N8O9S. The SMILES string of the molecule is [O-][NH+]1Nc2c(nc(-c3cc4c(c(-c5cnc6c(c5)OCCO6)n3)OCCO4)c(-c3cnc4c(c3-c3cc5cccnc5[nH]3)OCCO4)c2-c2ccc3c(c2)OCCO3)S1. The number of H-pyrrole nitrogens is 1. The molecule has 3 N–H and O–H groups in total. The maximum atomic E-state index is 13.4. The van der Waals surface area contributed by atoms with Gasteiger partial charge in [-0.1, -0.05) is 6.07 Å². The summed E-state index contributed by atoms with van der Waals surface area (Å²) in [4.78, 5) is 28.0. The van der Waals surface area contributed by atoms with Gasteiger partial charge in [0.25, 0.3) is 11.8 Å². The highest BCUT2D eigenvalue weighted by Crippen LogP contribution is 2.54. The Hall–Kier alpha value is -7.02. The molecule has 0 bridgehead atoms. The number of hydrogen-bond acceptors (Lipinski definition) is 16. The van der Waals surface area contributed by atoms with Crippen molar-refractivity contribution in [3.8, 4) is 102 Å². The fraction of sp³-hybridized carbons (Fsp3) is 0.195. The number of nitrogens with zero attached hydrogens (tertiary/aromatic N) is 5. The van der Waals surface area contributed by atoms with Crippen molar-refractivity contribution >= 4 is 28.7 Å². The first-order chi connectivity index (χ1) is 29.1. The van der Waals surface area contributed by atoms with Crippen LogP contribution in [0.4, 0.5) is 5.69 Å². The Balaban J connectivity index is 1.18. The Morgan fingerprint density at radius 1 is 0.610 bits per heavy atom. The largest absolute Gasteiger partial charge is 0.596 e. The average molecular weight is 811 g/mol. The van der Waals surface area contributed by atoms with E-state index in [4.69, 9.17) is 52.8 Å². The topological polar surface area (TPSA) is 194 Å². The summed E-state index contributed by atoms with van der Waals surface area (Å²) in [5.74, 6) is 3.76. The number of benzene rings is 1. The van der Waals surface area contributed by atoms with E-state index in [1.54, 1.807) is 18.6 Å². The van der Waals surface area contributed by atoms with Crippen molar-refractivity contribution in [2.75, 3.05) is 58.3 Å². The number of rotatable bonds is 5. The molecule has 0 spiro atoms. The third kappa shape index (κ3) is 5.66. The predicted octanol–water partition coefficient (Wildman–Crippen LogP) is 5.29. The standard InChI is InChI=1S/C41H30N8O9S/c50-49-48-35-30(20-3-4-26-27(15-20)52-7-6-51-26)32(23-19-44-40-37(56-11-13-58-40)31(23)24-14-21-2-1-5-42-38(21)46-24)34(47-41(35)59-49)25-17-28-36(55-10-8-53-28)33(45-25)22-16-29-39(43-18-22)57-12-9-54-29/h1-5,14-19,48-49H,6-13H2,(H,42,46). The molecule has 7 aromatic rings. The second-order valence-corrected chi connectivity index (χ2v) is 14.8. The highest BCUT2D eigenvalue weighted by molar-refractivity contribution is 7.93. The van der Waals surface area contributed by atoms with E-state index < -0.39 is 0 Å². The van der Waals surface area contributed by atoms with Crippen molar-refractivity contribution in [2.24, 2.45) is 0 Å². The van der Waals surface area contributed by atoms with Gasteiger partial charge in [0.2, 0.25) is 0 Å². The molecule has 0 saturated carbocycles. The number of ether oxygens (including phenoxy) is 8. The van der Waals surface area contributed by atoms with Crippen LogP contribution >= 0.6 is 11.9 Å². The number of nitrogens with one attached hydrogen (secondary N) is 3. The summed E-state index contributed by atoms with van der Waals surface area (Å²) >= 11 is 0.997. The highest BCUT2D eigenvalue weighted by Gasteiger charge is 2.36. The second-order valence-electron chi connectivity index (χ2n) is 13.9. The maximum Gasteiger partial charge on any atom is 0.257 e.